The van der Waals surface area contributed by atoms with Gasteiger partial charge in [-0.15, -0.1) is 0 Å². The second-order valence-corrected chi connectivity index (χ2v) is 6.64. The van der Waals surface area contributed by atoms with Crippen molar-refractivity contribution in [2.45, 2.75) is 32.1 Å². The second kappa shape index (κ2) is 8.70. The molecule has 26 heavy (non-hydrogen) atoms. The zero-order valence-electron chi connectivity index (χ0n) is 15.1. The molecule has 0 aromatic heterocycles. The largest absolute Gasteiger partial charge is 0.494 e. The summed E-state index contributed by atoms with van der Waals surface area (Å²) >= 11 is 0. The SMILES string of the molecule is COc1ccc(CC(=O)Nc2ccc(N3CCCCCC3)cc2)cc1F. The molecule has 5 heteroatoms. The molecule has 0 aliphatic carbocycles. The molecule has 1 aliphatic rings. The van der Waals surface area contributed by atoms with Crippen LogP contribution in [0.15, 0.2) is 42.5 Å². The van der Waals surface area contributed by atoms with Gasteiger partial charge in [-0.25, -0.2) is 4.39 Å². The number of rotatable bonds is 5. The Morgan fingerprint density at radius 1 is 1.08 bits per heavy atom. The Labute approximate surface area is 154 Å². The van der Waals surface area contributed by atoms with Crippen molar-refractivity contribution >= 4 is 17.3 Å². The van der Waals surface area contributed by atoms with E-state index in [2.05, 4.69) is 10.2 Å². The highest BCUT2D eigenvalue weighted by atomic mass is 19.1. The number of nitrogens with zero attached hydrogens (tertiary/aromatic N) is 1. The molecule has 2 aromatic rings. The monoisotopic (exact) mass is 356 g/mol. The van der Waals surface area contributed by atoms with Crippen molar-refractivity contribution in [3.05, 3.63) is 53.8 Å². The topological polar surface area (TPSA) is 41.6 Å². The predicted molar refractivity (Wildman–Crippen MR) is 102 cm³/mol. The lowest BCUT2D eigenvalue weighted by Gasteiger charge is -2.22. The molecule has 3 rings (SSSR count). The summed E-state index contributed by atoms with van der Waals surface area (Å²) in [6.07, 6.45) is 5.19. The van der Waals surface area contributed by atoms with E-state index in [9.17, 15) is 9.18 Å². The summed E-state index contributed by atoms with van der Waals surface area (Å²) in [6, 6.07) is 12.5. The number of amides is 1. The van der Waals surface area contributed by atoms with Gasteiger partial charge >= 0.3 is 0 Å². The third-order valence-electron chi connectivity index (χ3n) is 4.70. The van der Waals surface area contributed by atoms with E-state index in [1.54, 1.807) is 6.07 Å². The number of carbonyl (C=O) groups excluding carboxylic acids is 1. The van der Waals surface area contributed by atoms with Crippen LogP contribution in [0.5, 0.6) is 5.75 Å². The van der Waals surface area contributed by atoms with Gasteiger partial charge in [-0.05, 0) is 54.8 Å². The molecule has 0 atom stereocenters. The number of nitrogens with one attached hydrogen (secondary N) is 1. The van der Waals surface area contributed by atoms with E-state index in [1.807, 2.05) is 24.3 Å². The summed E-state index contributed by atoms with van der Waals surface area (Å²) in [5.74, 6) is -0.449. The van der Waals surface area contributed by atoms with Crippen LogP contribution in [0, 0.1) is 5.82 Å². The molecule has 1 heterocycles. The maximum Gasteiger partial charge on any atom is 0.228 e. The number of carbonyl (C=O) groups is 1. The minimum Gasteiger partial charge on any atom is -0.494 e. The van der Waals surface area contributed by atoms with Crippen molar-refractivity contribution in [2.75, 3.05) is 30.4 Å². The van der Waals surface area contributed by atoms with Crippen molar-refractivity contribution in [1.82, 2.24) is 0 Å². The first-order valence-electron chi connectivity index (χ1n) is 9.13. The zero-order chi connectivity index (χ0) is 18.4. The summed E-state index contributed by atoms with van der Waals surface area (Å²) in [7, 11) is 1.42. The molecule has 1 aliphatic heterocycles. The molecule has 0 spiro atoms. The molecule has 1 saturated heterocycles. The lowest BCUT2D eigenvalue weighted by atomic mass is 10.1. The standard InChI is InChI=1S/C21H25FN2O2/c1-26-20-11-6-16(14-19(20)22)15-21(25)23-17-7-9-18(10-8-17)24-12-4-2-3-5-13-24/h6-11,14H,2-5,12-13,15H2,1H3,(H,23,25). The highest BCUT2D eigenvalue weighted by molar-refractivity contribution is 5.92. The molecule has 1 fully saturated rings. The first-order valence-corrected chi connectivity index (χ1v) is 9.13. The second-order valence-electron chi connectivity index (χ2n) is 6.64. The first kappa shape index (κ1) is 18.2. The molecule has 1 N–H and O–H groups in total. The van der Waals surface area contributed by atoms with Crippen molar-refractivity contribution in [1.29, 1.82) is 0 Å². The molecule has 4 nitrogen and oxygen atoms in total. The number of methoxy groups -OCH3 is 1. The van der Waals surface area contributed by atoms with Crippen molar-refractivity contribution in [3.8, 4) is 5.75 Å². The van der Waals surface area contributed by atoms with Crippen LogP contribution in [-0.2, 0) is 11.2 Å². The van der Waals surface area contributed by atoms with Crippen molar-refractivity contribution in [2.24, 2.45) is 0 Å². The highest BCUT2D eigenvalue weighted by Crippen LogP contribution is 2.22. The van der Waals surface area contributed by atoms with Gasteiger partial charge in [0.15, 0.2) is 11.6 Å². The van der Waals surface area contributed by atoms with Gasteiger partial charge in [0.1, 0.15) is 0 Å². The van der Waals surface area contributed by atoms with Crippen LogP contribution in [0.3, 0.4) is 0 Å². The van der Waals surface area contributed by atoms with Gasteiger partial charge in [0.25, 0.3) is 0 Å². The fourth-order valence-corrected chi connectivity index (χ4v) is 3.29. The molecule has 0 bridgehead atoms. The molecular formula is C21H25FN2O2. The van der Waals surface area contributed by atoms with E-state index >= 15 is 0 Å². The molecule has 1 amide bonds. The summed E-state index contributed by atoms with van der Waals surface area (Å²) in [6.45, 7) is 2.18. The Kier molecular flexibility index (Phi) is 6.10. The van der Waals surface area contributed by atoms with E-state index < -0.39 is 5.82 Å². The molecular weight excluding hydrogens is 331 g/mol. The van der Waals surface area contributed by atoms with Gasteiger partial charge in [0.05, 0.1) is 13.5 Å². The third-order valence-corrected chi connectivity index (χ3v) is 4.70. The van der Waals surface area contributed by atoms with Crippen LogP contribution in [0.4, 0.5) is 15.8 Å². The first-order chi connectivity index (χ1) is 12.7. The number of benzene rings is 2. The van der Waals surface area contributed by atoms with E-state index in [-0.39, 0.29) is 18.1 Å². The zero-order valence-corrected chi connectivity index (χ0v) is 15.1. The maximum atomic E-state index is 13.7. The Morgan fingerprint density at radius 2 is 1.77 bits per heavy atom. The van der Waals surface area contributed by atoms with Gasteiger partial charge in [-0.1, -0.05) is 18.9 Å². The summed E-state index contributed by atoms with van der Waals surface area (Å²) in [5.41, 5.74) is 2.56. The number of ether oxygens (including phenoxy) is 1. The van der Waals surface area contributed by atoms with Crippen LogP contribution in [0.2, 0.25) is 0 Å². The van der Waals surface area contributed by atoms with Gasteiger partial charge in [0.2, 0.25) is 5.91 Å². The van der Waals surface area contributed by atoms with Gasteiger partial charge in [0, 0.05) is 24.5 Å². The smallest absolute Gasteiger partial charge is 0.228 e. The van der Waals surface area contributed by atoms with E-state index in [0.717, 1.165) is 18.8 Å². The van der Waals surface area contributed by atoms with Gasteiger partial charge in [-0.3, -0.25) is 4.79 Å². The van der Waals surface area contributed by atoms with Gasteiger partial charge in [-0.2, -0.15) is 0 Å². The Balaban J connectivity index is 1.58. The number of hydrogen-bond donors (Lipinski definition) is 1. The highest BCUT2D eigenvalue weighted by Gasteiger charge is 2.11. The number of anilines is 2. The lowest BCUT2D eigenvalue weighted by molar-refractivity contribution is -0.115. The Morgan fingerprint density at radius 3 is 2.38 bits per heavy atom. The third kappa shape index (κ3) is 4.75. The van der Waals surface area contributed by atoms with Crippen molar-refractivity contribution in [3.63, 3.8) is 0 Å². The number of hydrogen-bond acceptors (Lipinski definition) is 3. The summed E-state index contributed by atoms with van der Waals surface area (Å²) in [4.78, 5) is 14.6. The molecule has 0 saturated carbocycles. The summed E-state index contributed by atoms with van der Waals surface area (Å²) < 4.78 is 18.6. The normalized spacial score (nSPS) is 14.6. The minimum absolute atomic E-state index is 0.120. The van der Waals surface area contributed by atoms with E-state index in [0.29, 0.717) is 5.56 Å². The lowest BCUT2D eigenvalue weighted by Crippen LogP contribution is -2.23. The van der Waals surface area contributed by atoms with Crippen LogP contribution in [-0.4, -0.2) is 26.1 Å². The van der Waals surface area contributed by atoms with Crippen LogP contribution in [0.25, 0.3) is 0 Å². The maximum absolute atomic E-state index is 13.7. The van der Waals surface area contributed by atoms with Crippen molar-refractivity contribution < 1.29 is 13.9 Å². The fourth-order valence-electron chi connectivity index (χ4n) is 3.29. The molecule has 138 valence electrons. The van der Waals surface area contributed by atoms with Gasteiger partial charge < -0.3 is 15.0 Å². The average molecular weight is 356 g/mol. The number of halogens is 1. The summed E-state index contributed by atoms with van der Waals surface area (Å²) in [5, 5.41) is 2.87. The molecule has 2 aromatic carbocycles. The van der Waals surface area contributed by atoms with E-state index in [4.69, 9.17) is 4.74 Å². The molecule has 0 radical (unpaired) electrons. The van der Waals surface area contributed by atoms with Crippen LogP contribution >= 0.6 is 0 Å². The van der Waals surface area contributed by atoms with E-state index in [1.165, 1.54) is 50.6 Å². The van der Waals surface area contributed by atoms with Crippen LogP contribution in [0.1, 0.15) is 31.2 Å². The predicted octanol–water partition coefficient (Wildman–Crippen LogP) is 4.40. The van der Waals surface area contributed by atoms with Crippen LogP contribution < -0.4 is 15.0 Å². The molecule has 0 unspecified atom stereocenters. The fraction of sp³-hybridized carbons (Fsp3) is 0.381. The Hall–Kier alpha value is -2.56. The quantitative estimate of drug-likeness (QED) is 0.863. The minimum atomic E-state index is -0.459. The Bertz CT molecular complexity index is 738. The average Bonchev–Trinajstić information content (AvgIpc) is 2.92.